The molecule has 4 bridgehead atoms. The summed E-state index contributed by atoms with van der Waals surface area (Å²) in [6, 6.07) is 10.0. The molecule has 0 amide bonds. The van der Waals surface area contributed by atoms with Gasteiger partial charge in [-0.05, 0) is 24.1 Å². The summed E-state index contributed by atoms with van der Waals surface area (Å²) in [5, 5.41) is 0. The van der Waals surface area contributed by atoms with Gasteiger partial charge in [0.2, 0.25) is 5.88 Å². The average Bonchev–Trinajstić information content (AvgIpc) is 2.55. The van der Waals surface area contributed by atoms with Crippen LogP contribution in [0.25, 0.3) is 0 Å². The zero-order valence-electron chi connectivity index (χ0n) is 13.1. The number of ether oxygens (including phenoxy) is 3. The molecule has 2 heterocycles. The molecule has 23 heavy (non-hydrogen) atoms. The van der Waals surface area contributed by atoms with E-state index in [2.05, 4.69) is 23.2 Å². The maximum Gasteiger partial charge on any atom is 0.347 e. The van der Waals surface area contributed by atoms with Gasteiger partial charge in [0.05, 0.1) is 19.8 Å². The van der Waals surface area contributed by atoms with E-state index >= 15 is 0 Å². The van der Waals surface area contributed by atoms with E-state index < -0.39 is 5.97 Å². The molecule has 0 N–H and O–H groups in total. The van der Waals surface area contributed by atoms with Crippen LogP contribution >= 0.6 is 0 Å². The second-order valence-corrected chi connectivity index (χ2v) is 5.23. The van der Waals surface area contributed by atoms with Gasteiger partial charge in [-0.1, -0.05) is 24.3 Å². The zero-order chi connectivity index (χ0) is 16.1. The fourth-order valence-corrected chi connectivity index (χ4v) is 2.53. The van der Waals surface area contributed by atoms with Gasteiger partial charge in [0.15, 0.2) is 5.56 Å². The molecule has 1 aromatic carbocycles. The molecule has 1 aliphatic heterocycles. The molecule has 2 aromatic rings. The number of hydrogen-bond acceptors (Lipinski definition) is 5. The molecule has 0 fully saturated rings. The number of nitrogens with zero attached hydrogens (tertiary/aromatic N) is 1. The number of hydrogen-bond donors (Lipinski definition) is 0. The lowest BCUT2D eigenvalue weighted by Gasteiger charge is -2.16. The van der Waals surface area contributed by atoms with Crippen molar-refractivity contribution >= 4 is 5.97 Å². The summed E-state index contributed by atoms with van der Waals surface area (Å²) in [7, 11) is 0. The van der Waals surface area contributed by atoms with Gasteiger partial charge in [0.1, 0.15) is 5.75 Å². The summed E-state index contributed by atoms with van der Waals surface area (Å²) in [6.07, 6.45) is 3.11. The first-order valence-corrected chi connectivity index (χ1v) is 7.77. The van der Waals surface area contributed by atoms with Gasteiger partial charge in [-0.2, -0.15) is 0 Å². The van der Waals surface area contributed by atoms with Crippen LogP contribution in [-0.4, -0.2) is 30.8 Å². The third kappa shape index (κ3) is 3.62. The van der Waals surface area contributed by atoms with Gasteiger partial charge < -0.3 is 14.2 Å². The molecular formula is C18H19NO4. The Hall–Kier alpha value is -2.56. The van der Waals surface area contributed by atoms with Gasteiger partial charge >= 0.3 is 5.97 Å². The fraction of sp³-hybridized carbons (Fsp3) is 0.333. The molecule has 0 saturated carbocycles. The Morgan fingerprint density at radius 1 is 1.17 bits per heavy atom. The summed E-state index contributed by atoms with van der Waals surface area (Å²) in [5.74, 6) is 0.240. The van der Waals surface area contributed by atoms with Gasteiger partial charge in [0.25, 0.3) is 0 Å². The Morgan fingerprint density at radius 3 is 2.65 bits per heavy atom. The van der Waals surface area contributed by atoms with Crippen LogP contribution in [0, 0.1) is 0 Å². The Morgan fingerprint density at radius 2 is 1.91 bits per heavy atom. The smallest absolute Gasteiger partial charge is 0.347 e. The quantitative estimate of drug-likeness (QED) is 0.798. The third-order valence-electron chi connectivity index (χ3n) is 3.63. The van der Waals surface area contributed by atoms with Crippen LogP contribution in [0.15, 0.2) is 36.5 Å². The van der Waals surface area contributed by atoms with Crippen molar-refractivity contribution in [2.24, 2.45) is 0 Å². The van der Waals surface area contributed by atoms with Crippen molar-refractivity contribution in [3.05, 3.63) is 53.2 Å². The molecule has 0 atom stereocenters. The van der Waals surface area contributed by atoms with Gasteiger partial charge in [-0.15, -0.1) is 0 Å². The molecule has 0 unspecified atom stereocenters. The highest BCUT2D eigenvalue weighted by atomic mass is 16.5. The number of aromatic nitrogens is 1. The van der Waals surface area contributed by atoms with E-state index in [-0.39, 0.29) is 18.1 Å². The van der Waals surface area contributed by atoms with Crippen molar-refractivity contribution in [2.45, 2.75) is 19.8 Å². The molecule has 5 nitrogen and oxygen atoms in total. The number of rotatable bonds is 2. The van der Waals surface area contributed by atoms with Crippen molar-refractivity contribution in [2.75, 3.05) is 19.8 Å². The van der Waals surface area contributed by atoms with Gasteiger partial charge in [-0.25, -0.2) is 9.78 Å². The normalized spacial score (nSPS) is 13.8. The molecule has 3 rings (SSSR count). The number of carbonyl (C=O) groups excluding carboxylic acids is 1. The highest BCUT2D eigenvalue weighted by molar-refractivity contribution is 5.95. The van der Waals surface area contributed by atoms with Crippen molar-refractivity contribution < 1.29 is 19.0 Å². The lowest BCUT2D eigenvalue weighted by molar-refractivity contribution is 0.0515. The van der Waals surface area contributed by atoms with E-state index in [0.29, 0.717) is 19.0 Å². The van der Waals surface area contributed by atoms with Gasteiger partial charge in [0, 0.05) is 19.0 Å². The maximum atomic E-state index is 12.2. The Bertz CT molecular complexity index is 656. The third-order valence-corrected chi connectivity index (χ3v) is 3.63. The Kier molecular flexibility index (Phi) is 4.76. The van der Waals surface area contributed by atoms with Crippen LogP contribution in [0.3, 0.4) is 0 Å². The maximum absolute atomic E-state index is 12.2. The van der Waals surface area contributed by atoms with E-state index in [1.165, 1.54) is 11.1 Å². The topological polar surface area (TPSA) is 57.7 Å². The van der Waals surface area contributed by atoms with Crippen LogP contribution in [-0.2, 0) is 17.6 Å². The largest absolute Gasteiger partial charge is 0.492 e. The molecule has 0 radical (unpaired) electrons. The standard InChI is InChI=1S/C18H19NO4/c1-2-21-18(20)16-15-6-9-19-17(16)23-11-8-14-5-3-4-13(12-14)7-10-22-15/h3-6,9,12H,2,7-8,10-11H2,1H3. The van der Waals surface area contributed by atoms with Crippen LogP contribution in [0.1, 0.15) is 28.4 Å². The van der Waals surface area contributed by atoms with E-state index in [1.54, 1.807) is 19.2 Å². The lowest BCUT2D eigenvalue weighted by atomic mass is 10.1. The van der Waals surface area contributed by atoms with Crippen LogP contribution in [0.5, 0.6) is 11.6 Å². The summed E-state index contributed by atoms with van der Waals surface area (Å²) in [4.78, 5) is 16.4. The molecular weight excluding hydrogens is 294 g/mol. The SMILES string of the molecule is CCOC(=O)c1c2ccnc1OCCc1cccc(c1)CCO2. The molecule has 0 spiro atoms. The predicted octanol–water partition coefficient (Wildman–Crippen LogP) is 2.81. The molecule has 0 aliphatic carbocycles. The van der Waals surface area contributed by atoms with Crippen LogP contribution in [0.4, 0.5) is 0 Å². The Balaban J connectivity index is 1.92. The van der Waals surface area contributed by atoms with Gasteiger partial charge in [-0.3, -0.25) is 0 Å². The number of pyridine rings is 1. The number of benzene rings is 1. The van der Waals surface area contributed by atoms with Crippen LogP contribution < -0.4 is 9.47 Å². The summed E-state index contributed by atoms with van der Waals surface area (Å²) in [5.41, 5.74) is 2.66. The predicted molar refractivity (Wildman–Crippen MR) is 85.0 cm³/mol. The molecule has 1 aromatic heterocycles. The van der Waals surface area contributed by atoms with E-state index in [0.717, 1.165) is 12.8 Å². The first-order chi connectivity index (χ1) is 11.3. The summed E-state index contributed by atoms with van der Waals surface area (Å²) < 4.78 is 16.6. The van der Waals surface area contributed by atoms with E-state index in [9.17, 15) is 4.79 Å². The van der Waals surface area contributed by atoms with E-state index in [4.69, 9.17) is 14.2 Å². The van der Waals surface area contributed by atoms with Crippen molar-refractivity contribution in [1.29, 1.82) is 0 Å². The zero-order valence-corrected chi connectivity index (χ0v) is 13.1. The number of esters is 1. The average molecular weight is 313 g/mol. The fourth-order valence-electron chi connectivity index (χ4n) is 2.53. The molecule has 0 saturated heterocycles. The highest BCUT2D eigenvalue weighted by Crippen LogP contribution is 2.28. The second-order valence-electron chi connectivity index (χ2n) is 5.23. The van der Waals surface area contributed by atoms with Crippen molar-refractivity contribution in [3.8, 4) is 11.6 Å². The first-order valence-electron chi connectivity index (χ1n) is 7.77. The summed E-state index contributed by atoms with van der Waals surface area (Å²) >= 11 is 0. The minimum Gasteiger partial charge on any atom is -0.492 e. The first kappa shape index (κ1) is 15.3. The number of carbonyl (C=O) groups is 1. The molecule has 5 heteroatoms. The molecule has 1 aliphatic rings. The summed E-state index contributed by atoms with van der Waals surface area (Å²) in [6.45, 7) is 2.96. The lowest BCUT2D eigenvalue weighted by Crippen LogP contribution is -2.14. The highest BCUT2D eigenvalue weighted by Gasteiger charge is 2.22. The minimum atomic E-state index is -0.471. The minimum absolute atomic E-state index is 0.262. The van der Waals surface area contributed by atoms with E-state index in [1.807, 2.05) is 6.07 Å². The number of fused-ring (bicyclic) bond motifs is 4. The van der Waals surface area contributed by atoms with Crippen molar-refractivity contribution in [1.82, 2.24) is 4.98 Å². The van der Waals surface area contributed by atoms with Crippen LogP contribution in [0.2, 0.25) is 0 Å². The monoisotopic (exact) mass is 313 g/mol. The second kappa shape index (κ2) is 7.13. The molecule has 120 valence electrons. The van der Waals surface area contributed by atoms with Crippen molar-refractivity contribution in [3.63, 3.8) is 0 Å². The Labute approximate surface area is 135 Å².